The highest BCUT2D eigenvalue weighted by molar-refractivity contribution is 5.99. The first-order valence-corrected chi connectivity index (χ1v) is 10.8. The molecule has 3 aromatic rings. The molecule has 0 unspecified atom stereocenters. The van der Waals surface area contributed by atoms with E-state index in [9.17, 15) is 31.5 Å². The van der Waals surface area contributed by atoms with Crippen molar-refractivity contribution in [1.82, 2.24) is 25.6 Å². The van der Waals surface area contributed by atoms with Gasteiger partial charge in [-0.2, -0.15) is 13.2 Å². The molecule has 0 aliphatic carbocycles. The third-order valence-electron chi connectivity index (χ3n) is 5.53. The highest BCUT2D eigenvalue weighted by Gasteiger charge is 2.44. The normalized spacial score (nSPS) is 16.4. The Hall–Kier alpha value is -3.62. The van der Waals surface area contributed by atoms with Crippen LogP contribution in [0.25, 0.3) is 0 Å². The number of hydrogen-bond acceptors (Lipinski definition) is 7. The number of carbonyl (C=O) groups is 2. The Kier molecular flexibility index (Phi) is 10.5. The molecule has 1 aliphatic heterocycles. The molecular formula is C23H21Cl2F5N6O3. The van der Waals surface area contributed by atoms with Gasteiger partial charge in [0.05, 0.1) is 47.5 Å². The van der Waals surface area contributed by atoms with Crippen molar-refractivity contribution in [3.8, 4) is 0 Å². The maximum Gasteiger partial charge on any atom is 0.418 e. The van der Waals surface area contributed by atoms with Crippen LogP contribution in [0, 0.1) is 11.6 Å². The number of ether oxygens (including phenoxy) is 1. The number of halogens is 7. The van der Waals surface area contributed by atoms with E-state index in [0.717, 1.165) is 24.4 Å². The predicted octanol–water partition coefficient (Wildman–Crippen LogP) is 3.96. The molecule has 210 valence electrons. The maximum absolute atomic E-state index is 14.7. The van der Waals surface area contributed by atoms with Crippen LogP contribution in [0.1, 0.15) is 28.0 Å². The van der Waals surface area contributed by atoms with Gasteiger partial charge in [-0.1, -0.05) is 0 Å². The molecule has 0 radical (unpaired) electrons. The van der Waals surface area contributed by atoms with E-state index in [4.69, 9.17) is 4.74 Å². The first kappa shape index (κ1) is 31.6. The number of amides is 2. The second-order valence-corrected chi connectivity index (χ2v) is 8.11. The van der Waals surface area contributed by atoms with E-state index >= 15 is 0 Å². The Balaban J connectivity index is 0.00000267. The van der Waals surface area contributed by atoms with Gasteiger partial charge in [0.2, 0.25) is 5.91 Å². The fourth-order valence-corrected chi connectivity index (χ4v) is 3.62. The van der Waals surface area contributed by atoms with Crippen molar-refractivity contribution in [2.75, 3.05) is 18.5 Å². The second-order valence-electron chi connectivity index (χ2n) is 8.11. The highest BCUT2D eigenvalue weighted by Crippen LogP contribution is 2.36. The van der Waals surface area contributed by atoms with E-state index in [1.807, 2.05) is 0 Å². The molecule has 3 heterocycles. The van der Waals surface area contributed by atoms with E-state index in [0.29, 0.717) is 6.07 Å². The van der Waals surface area contributed by atoms with E-state index in [-0.39, 0.29) is 67.9 Å². The summed E-state index contributed by atoms with van der Waals surface area (Å²) in [6.07, 6.45) is 0.194. The summed E-state index contributed by atoms with van der Waals surface area (Å²) in [4.78, 5) is 36.9. The Morgan fingerprint density at radius 1 is 1.05 bits per heavy atom. The van der Waals surface area contributed by atoms with Crippen LogP contribution in [0.4, 0.5) is 33.3 Å². The minimum atomic E-state index is -4.84. The molecule has 16 heteroatoms. The number of alkyl halides is 3. The summed E-state index contributed by atoms with van der Waals surface area (Å²) in [6, 6.07) is 2.92. The van der Waals surface area contributed by atoms with Crippen LogP contribution in [-0.2, 0) is 22.3 Å². The largest absolute Gasteiger partial charge is 0.418 e. The van der Waals surface area contributed by atoms with Crippen molar-refractivity contribution in [2.24, 2.45) is 0 Å². The van der Waals surface area contributed by atoms with Crippen LogP contribution < -0.4 is 16.0 Å². The number of carbonyl (C=O) groups excluding carboxylic acids is 2. The summed E-state index contributed by atoms with van der Waals surface area (Å²) in [5.41, 5.74) is -3.36. The van der Waals surface area contributed by atoms with Gasteiger partial charge in [-0.25, -0.2) is 18.7 Å². The first-order chi connectivity index (χ1) is 17.6. The third-order valence-corrected chi connectivity index (χ3v) is 5.53. The highest BCUT2D eigenvalue weighted by atomic mass is 35.5. The standard InChI is InChI=1S/C23H19F5N6O3.2ClH/c24-14-1-2-18(16(5-14)23(26,27)28)33-15-6-17(25)19(31-9-15)10-32-21(36)22(3-4-37-11-22)34-20(35)13-7-29-12-30-8-13;;/h1-2,5-9,12,33H,3-4,10-11H2,(H,32,36)(H,34,35);2*1H/t22-;;/m0../s1. The molecule has 0 bridgehead atoms. The molecule has 1 aliphatic rings. The van der Waals surface area contributed by atoms with Crippen LogP contribution in [0.15, 0.2) is 49.2 Å². The molecule has 1 saturated heterocycles. The number of pyridine rings is 1. The molecule has 1 fully saturated rings. The minimum Gasteiger partial charge on any atom is -0.378 e. The van der Waals surface area contributed by atoms with Crippen LogP contribution in [0.3, 0.4) is 0 Å². The lowest BCUT2D eigenvalue weighted by Crippen LogP contribution is -2.59. The lowest BCUT2D eigenvalue weighted by atomic mass is 9.96. The monoisotopic (exact) mass is 594 g/mol. The van der Waals surface area contributed by atoms with Crippen molar-refractivity contribution in [3.05, 3.63) is 77.6 Å². The number of nitrogens with one attached hydrogen (secondary N) is 3. The van der Waals surface area contributed by atoms with Crippen LogP contribution in [-0.4, -0.2) is 45.5 Å². The smallest absolute Gasteiger partial charge is 0.378 e. The number of nitrogens with zero attached hydrogens (tertiary/aromatic N) is 3. The molecule has 9 nitrogen and oxygen atoms in total. The Morgan fingerprint density at radius 3 is 2.38 bits per heavy atom. The summed E-state index contributed by atoms with van der Waals surface area (Å²) >= 11 is 0. The zero-order valence-corrected chi connectivity index (χ0v) is 21.4. The molecule has 0 spiro atoms. The van der Waals surface area contributed by atoms with Crippen molar-refractivity contribution < 1.29 is 36.3 Å². The molecule has 3 N–H and O–H groups in total. The molecule has 2 aromatic heterocycles. The maximum atomic E-state index is 14.7. The van der Waals surface area contributed by atoms with Crippen LogP contribution >= 0.6 is 24.8 Å². The van der Waals surface area contributed by atoms with E-state index in [1.54, 1.807) is 0 Å². The Morgan fingerprint density at radius 2 is 1.77 bits per heavy atom. The molecule has 0 saturated carbocycles. The topological polar surface area (TPSA) is 118 Å². The van der Waals surface area contributed by atoms with Gasteiger partial charge in [-0.15, -0.1) is 24.8 Å². The van der Waals surface area contributed by atoms with Gasteiger partial charge in [0.15, 0.2) is 0 Å². The molecule has 2 amide bonds. The summed E-state index contributed by atoms with van der Waals surface area (Å²) in [7, 11) is 0. The number of rotatable bonds is 7. The number of hydrogen-bond donors (Lipinski definition) is 3. The zero-order valence-electron chi connectivity index (χ0n) is 19.7. The first-order valence-electron chi connectivity index (χ1n) is 10.8. The van der Waals surface area contributed by atoms with Gasteiger partial charge >= 0.3 is 6.18 Å². The van der Waals surface area contributed by atoms with Crippen molar-refractivity contribution in [2.45, 2.75) is 24.7 Å². The predicted molar refractivity (Wildman–Crippen MR) is 133 cm³/mol. The molecule has 1 aromatic carbocycles. The number of aromatic nitrogens is 3. The summed E-state index contributed by atoms with van der Waals surface area (Å²) in [6.45, 7) is -0.285. The van der Waals surface area contributed by atoms with E-state index in [1.165, 1.54) is 18.7 Å². The van der Waals surface area contributed by atoms with E-state index in [2.05, 4.69) is 30.9 Å². The molecule has 1 atom stereocenters. The Bertz CT molecular complexity index is 1310. The summed E-state index contributed by atoms with van der Waals surface area (Å²) < 4.78 is 72.9. The SMILES string of the molecule is Cl.Cl.O=C(N[C@@]1(C(=O)NCc2ncc(Nc3ccc(F)cc3C(F)(F)F)cc2F)CCOC1)c1cncnc1. The van der Waals surface area contributed by atoms with Gasteiger partial charge in [0, 0.05) is 31.5 Å². The lowest BCUT2D eigenvalue weighted by molar-refractivity contribution is -0.137. The van der Waals surface area contributed by atoms with Gasteiger partial charge in [0.1, 0.15) is 23.5 Å². The van der Waals surface area contributed by atoms with Crippen molar-refractivity contribution >= 4 is 48.0 Å². The fourth-order valence-electron chi connectivity index (χ4n) is 3.62. The summed E-state index contributed by atoms with van der Waals surface area (Å²) in [5.74, 6) is -3.23. The van der Waals surface area contributed by atoms with Gasteiger partial charge in [-0.3, -0.25) is 14.6 Å². The Labute approximate surface area is 230 Å². The minimum absolute atomic E-state index is 0. The molecular weight excluding hydrogens is 574 g/mol. The fraction of sp³-hybridized carbons (Fsp3) is 0.261. The lowest BCUT2D eigenvalue weighted by Gasteiger charge is -2.27. The molecule has 4 rings (SSSR count). The van der Waals surface area contributed by atoms with Crippen molar-refractivity contribution in [3.63, 3.8) is 0 Å². The average Bonchev–Trinajstić information content (AvgIpc) is 3.34. The molecule has 39 heavy (non-hydrogen) atoms. The average molecular weight is 595 g/mol. The van der Waals surface area contributed by atoms with Crippen LogP contribution in [0.5, 0.6) is 0 Å². The third kappa shape index (κ3) is 7.49. The number of anilines is 2. The van der Waals surface area contributed by atoms with Gasteiger partial charge in [0.25, 0.3) is 5.91 Å². The zero-order chi connectivity index (χ0) is 26.6. The number of benzene rings is 1. The van der Waals surface area contributed by atoms with Gasteiger partial charge < -0.3 is 20.7 Å². The van der Waals surface area contributed by atoms with Crippen molar-refractivity contribution in [1.29, 1.82) is 0 Å². The van der Waals surface area contributed by atoms with Crippen LogP contribution in [0.2, 0.25) is 0 Å². The summed E-state index contributed by atoms with van der Waals surface area (Å²) in [5, 5.41) is 7.50. The van der Waals surface area contributed by atoms with Gasteiger partial charge in [-0.05, 0) is 18.2 Å². The quantitative estimate of drug-likeness (QED) is 0.354. The van der Waals surface area contributed by atoms with E-state index < -0.39 is 46.4 Å². The second kappa shape index (κ2) is 13.0.